The van der Waals surface area contributed by atoms with E-state index in [2.05, 4.69) is 23.6 Å². The summed E-state index contributed by atoms with van der Waals surface area (Å²) in [6.45, 7) is 12.7. The first-order valence-electron chi connectivity index (χ1n) is 9.46. The van der Waals surface area contributed by atoms with Gasteiger partial charge in [-0.1, -0.05) is 39.5 Å². The van der Waals surface area contributed by atoms with Crippen molar-refractivity contribution >= 4 is 0 Å². The van der Waals surface area contributed by atoms with Gasteiger partial charge in [0.15, 0.2) is 0 Å². The molecule has 1 saturated heterocycles. The number of nitrogens with zero attached hydrogens (tertiary/aromatic N) is 2. The summed E-state index contributed by atoms with van der Waals surface area (Å²) in [4.78, 5) is 5.07. The molecular weight excluding hydrogens is 276 g/mol. The highest BCUT2D eigenvalue weighted by atomic mass is 16.5. The van der Waals surface area contributed by atoms with Crippen LogP contribution in [0.3, 0.4) is 0 Å². The molecular formula is C18H38N2O2. The van der Waals surface area contributed by atoms with Crippen molar-refractivity contribution in [3.05, 3.63) is 0 Å². The molecule has 0 aromatic carbocycles. The summed E-state index contributed by atoms with van der Waals surface area (Å²) in [6, 6.07) is 0. The van der Waals surface area contributed by atoms with Crippen LogP contribution in [0.1, 0.15) is 58.8 Å². The van der Waals surface area contributed by atoms with E-state index < -0.39 is 0 Å². The van der Waals surface area contributed by atoms with Gasteiger partial charge in [-0.15, -0.1) is 0 Å². The predicted molar refractivity (Wildman–Crippen MR) is 93.4 cm³/mol. The minimum absolute atomic E-state index is 0.302. The van der Waals surface area contributed by atoms with Crippen molar-refractivity contribution < 1.29 is 9.84 Å². The van der Waals surface area contributed by atoms with Crippen molar-refractivity contribution in [2.75, 3.05) is 52.5 Å². The molecule has 1 atom stereocenters. The van der Waals surface area contributed by atoms with Gasteiger partial charge in [0.1, 0.15) is 0 Å². The van der Waals surface area contributed by atoms with Crippen LogP contribution in [0, 0.1) is 0 Å². The molecule has 1 N–H and O–H groups in total. The molecule has 4 heteroatoms. The number of aliphatic hydroxyl groups excluding tert-OH is 1. The number of hydrogen-bond donors (Lipinski definition) is 1. The number of unbranched alkanes of at least 4 members (excludes halogenated alkanes) is 4. The van der Waals surface area contributed by atoms with Crippen LogP contribution in [-0.4, -0.2) is 73.5 Å². The van der Waals surface area contributed by atoms with E-state index in [1.807, 2.05) is 0 Å². The van der Waals surface area contributed by atoms with Gasteiger partial charge in [0.25, 0.3) is 0 Å². The smallest absolute Gasteiger partial charge is 0.0785 e. The molecule has 1 rings (SSSR count). The van der Waals surface area contributed by atoms with Gasteiger partial charge >= 0.3 is 0 Å². The fourth-order valence-corrected chi connectivity index (χ4v) is 2.91. The zero-order chi connectivity index (χ0) is 16.0. The summed E-state index contributed by atoms with van der Waals surface area (Å²) in [5.74, 6) is 0. The lowest BCUT2D eigenvalue weighted by Crippen LogP contribution is -2.47. The van der Waals surface area contributed by atoms with Crippen molar-refractivity contribution in [1.29, 1.82) is 0 Å². The third-order valence-corrected chi connectivity index (χ3v) is 4.52. The van der Waals surface area contributed by atoms with Crippen LogP contribution in [-0.2, 0) is 4.74 Å². The zero-order valence-corrected chi connectivity index (χ0v) is 14.9. The molecule has 1 heterocycles. The number of hydrogen-bond acceptors (Lipinski definition) is 4. The molecule has 0 bridgehead atoms. The Hall–Kier alpha value is -0.160. The Morgan fingerprint density at radius 3 is 2.09 bits per heavy atom. The molecule has 1 unspecified atom stereocenters. The quantitative estimate of drug-likeness (QED) is 0.530. The van der Waals surface area contributed by atoms with Gasteiger partial charge in [-0.2, -0.15) is 0 Å². The maximum atomic E-state index is 9.97. The van der Waals surface area contributed by atoms with Gasteiger partial charge in [-0.05, 0) is 25.8 Å². The predicted octanol–water partition coefficient (Wildman–Crippen LogP) is 2.75. The lowest BCUT2D eigenvalue weighted by molar-refractivity contribution is 0.0224. The van der Waals surface area contributed by atoms with Crippen LogP contribution in [0.4, 0.5) is 0 Å². The summed E-state index contributed by atoms with van der Waals surface area (Å²) >= 11 is 0. The van der Waals surface area contributed by atoms with E-state index in [0.29, 0.717) is 6.61 Å². The van der Waals surface area contributed by atoms with Crippen molar-refractivity contribution in [1.82, 2.24) is 9.80 Å². The van der Waals surface area contributed by atoms with E-state index in [-0.39, 0.29) is 6.10 Å². The molecule has 1 fully saturated rings. The second-order valence-electron chi connectivity index (χ2n) is 6.61. The van der Waals surface area contributed by atoms with Gasteiger partial charge in [0.05, 0.1) is 12.7 Å². The van der Waals surface area contributed by atoms with Gasteiger partial charge in [-0.25, -0.2) is 0 Å². The summed E-state index contributed by atoms with van der Waals surface area (Å²) in [5, 5.41) is 9.97. The van der Waals surface area contributed by atoms with Gasteiger partial charge < -0.3 is 19.6 Å². The maximum Gasteiger partial charge on any atom is 0.0785 e. The molecule has 4 nitrogen and oxygen atoms in total. The van der Waals surface area contributed by atoms with Crippen LogP contribution < -0.4 is 0 Å². The van der Waals surface area contributed by atoms with Gasteiger partial charge in [0.2, 0.25) is 0 Å². The average molecular weight is 315 g/mol. The fraction of sp³-hybridized carbons (Fsp3) is 1.00. The van der Waals surface area contributed by atoms with Gasteiger partial charge in [0, 0.05) is 39.3 Å². The Morgan fingerprint density at radius 2 is 1.45 bits per heavy atom. The highest BCUT2D eigenvalue weighted by molar-refractivity contribution is 4.72. The monoisotopic (exact) mass is 314 g/mol. The SMILES string of the molecule is CCCCCOCC(O)CCN1CCN(CCCCC)CC1. The molecule has 0 aromatic heterocycles. The molecule has 0 aliphatic carbocycles. The highest BCUT2D eigenvalue weighted by Crippen LogP contribution is 2.06. The number of rotatable bonds is 13. The van der Waals surface area contributed by atoms with E-state index >= 15 is 0 Å². The Labute approximate surface area is 137 Å². The first kappa shape index (κ1) is 19.9. The van der Waals surface area contributed by atoms with Crippen molar-refractivity contribution in [2.24, 2.45) is 0 Å². The minimum Gasteiger partial charge on any atom is -0.391 e. The number of piperazine rings is 1. The largest absolute Gasteiger partial charge is 0.391 e. The summed E-state index contributed by atoms with van der Waals surface area (Å²) in [6.07, 6.45) is 8.08. The number of aliphatic hydroxyl groups is 1. The van der Waals surface area contributed by atoms with Gasteiger partial charge in [-0.3, -0.25) is 0 Å². The van der Waals surface area contributed by atoms with E-state index in [0.717, 1.165) is 39.1 Å². The van der Waals surface area contributed by atoms with Crippen LogP contribution in [0.15, 0.2) is 0 Å². The second kappa shape index (κ2) is 13.3. The summed E-state index contributed by atoms with van der Waals surface area (Å²) < 4.78 is 5.53. The Balaban J connectivity index is 1.97. The number of ether oxygens (including phenoxy) is 1. The molecule has 132 valence electrons. The van der Waals surface area contributed by atoms with Crippen LogP contribution in [0.25, 0.3) is 0 Å². The summed E-state index contributed by atoms with van der Waals surface area (Å²) in [7, 11) is 0. The van der Waals surface area contributed by atoms with Crippen molar-refractivity contribution in [3.63, 3.8) is 0 Å². The summed E-state index contributed by atoms with van der Waals surface area (Å²) in [5.41, 5.74) is 0. The van der Waals surface area contributed by atoms with E-state index in [1.54, 1.807) is 0 Å². The second-order valence-corrected chi connectivity index (χ2v) is 6.61. The maximum absolute atomic E-state index is 9.97. The third-order valence-electron chi connectivity index (χ3n) is 4.52. The highest BCUT2D eigenvalue weighted by Gasteiger charge is 2.17. The van der Waals surface area contributed by atoms with Crippen LogP contribution in [0.2, 0.25) is 0 Å². The molecule has 0 amide bonds. The Morgan fingerprint density at radius 1 is 0.864 bits per heavy atom. The molecule has 1 aliphatic heterocycles. The molecule has 0 radical (unpaired) electrons. The van der Waals surface area contributed by atoms with Crippen LogP contribution in [0.5, 0.6) is 0 Å². The average Bonchev–Trinajstić information content (AvgIpc) is 2.54. The molecule has 0 aromatic rings. The first-order chi connectivity index (χ1) is 10.8. The first-order valence-corrected chi connectivity index (χ1v) is 9.46. The van der Waals surface area contributed by atoms with E-state index in [1.165, 1.54) is 51.7 Å². The van der Waals surface area contributed by atoms with Crippen LogP contribution >= 0.6 is 0 Å². The lowest BCUT2D eigenvalue weighted by Gasteiger charge is -2.35. The third kappa shape index (κ3) is 9.78. The van der Waals surface area contributed by atoms with Crippen molar-refractivity contribution in [2.45, 2.75) is 64.9 Å². The topological polar surface area (TPSA) is 35.9 Å². The zero-order valence-electron chi connectivity index (χ0n) is 14.9. The Bertz CT molecular complexity index is 243. The molecule has 0 spiro atoms. The van der Waals surface area contributed by atoms with E-state index in [4.69, 9.17) is 4.74 Å². The fourth-order valence-electron chi connectivity index (χ4n) is 2.91. The van der Waals surface area contributed by atoms with E-state index in [9.17, 15) is 5.11 Å². The molecule has 0 saturated carbocycles. The normalized spacial score (nSPS) is 18.7. The van der Waals surface area contributed by atoms with Crippen molar-refractivity contribution in [3.8, 4) is 0 Å². The lowest BCUT2D eigenvalue weighted by atomic mass is 10.2. The standard InChI is InChI=1S/C18H38N2O2/c1-3-5-7-10-19-12-14-20(15-13-19)11-9-18(21)17-22-16-8-6-4-2/h18,21H,3-17H2,1-2H3. The molecule has 22 heavy (non-hydrogen) atoms. The molecule has 1 aliphatic rings. The Kier molecular flexibility index (Phi) is 12.0. The minimum atomic E-state index is -0.302.